The Morgan fingerprint density at radius 3 is 2.50 bits per heavy atom. The van der Waals surface area contributed by atoms with E-state index in [0.29, 0.717) is 6.54 Å². The van der Waals surface area contributed by atoms with Crippen LogP contribution in [-0.4, -0.2) is 23.9 Å². The molecule has 0 aromatic heterocycles. The minimum absolute atomic E-state index is 0.00762. The van der Waals surface area contributed by atoms with Gasteiger partial charge in [0.05, 0.1) is 5.92 Å². The largest absolute Gasteiger partial charge is 0.352 e. The lowest BCUT2D eigenvalue weighted by atomic mass is 9.94. The number of carbonyl (C=O) groups excluding carboxylic acids is 1. The number of benzene rings is 2. The summed E-state index contributed by atoms with van der Waals surface area (Å²) in [5.74, 6) is 0.565. The van der Waals surface area contributed by atoms with Crippen LogP contribution in [0.25, 0.3) is 0 Å². The average Bonchev–Trinajstić information content (AvgIpc) is 2.73. The summed E-state index contributed by atoms with van der Waals surface area (Å²) in [6.45, 7) is 8.11. The first-order valence-corrected chi connectivity index (χ1v) is 10.4. The summed E-state index contributed by atoms with van der Waals surface area (Å²) in [7, 11) is 0. The molecule has 4 heteroatoms. The van der Waals surface area contributed by atoms with Gasteiger partial charge in [-0.2, -0.15) is 0 Å². The van der Waals surface area contributed by atoms with Gasteiger partial charge in [0.25, 0.3) is 0 Å². The van der Waals surface area contributed by atoms with Gasteiger partial charge in [0, 0.05) is 19.1 Å². The van der Waals surface area contributed by atoms with Crippen molar-refractivity contribution in [1.82, 2.24) is 10.2 Å². The molecule has 2 aromatic carbocycles. The molecule has 1 amide bonds. The van der Waals surface area contributed by atoms with Gasteiger partial charge in [0.2, 0.25) is 5.91 Å². The van der Waals surface area contributed by atoms with E-state index in [2.05, 4.69) is 41.4 Å². The molecule has 0 radical (unpaired) electrons. The van der Waals surface area contributed by atoms with E-state index in [1.54, 1.807) is 0 Å². The molecule has 150 valence electrons. The van der Waals surface area contributed by atoms with Gasteiger partial charge in [0.15, 0.2) is 0 Å². The lowest BCUT2D eigenvalue weighted by molar-refractivity contribution is -0.125. The minimum Gasteiger partial charge on any atom is -0.352 e. The van der Waals surface area contributed by atoms with Crippen LogP contribution >= 0.6 is 0 Å². The third-order valence-corrected chi connectivity index (χ3v) is 5.88. The number of rotatable bonds is 7. The number of hydrogen-bond donors (Lipinski definition) is 2. The van der Waals surface area contributed by atoms with Crippen molar-refractivity contribution < 1.29 is 4.79 Å². The van der Waals surface area contributed by atoms with Gasteiger partial charge in [-0.3, -0.25) is 9.69 Å². The van der Waals surface area contributed by atoms with Crippen LogP contribution in [0.4, 0.5) is 0 Å². The second-order valence-electron chi connectivity index (χ2n) is 8.22. The van der Waals surface area contributed by atoms with Crippen molar-refractivity contribution in [2.24, 2.45) is 17.6 Å². The quantitative estimate of drug-likeness (QED) is 0.768. The van der Waals surface area contributed by atoms with Crippen molar-refractivity contribution in [2.45, 2.75) is 45.8 Å². The summed E-state index contributed by atoms with van der Waals surface area (Å²) in [6, 6.07) is 18.1. The molecule has 2 atom stereocenters. The first-order chi connectivity index (χ1) is 13.5. The molecule has 0 saturated carbocycles. The molecule has 2 aromatic rings. The van der Waals surface area contributed by atoms with Gasteiger partial charge in [-0.25, -0.2) is 0 Å². The number of nitrogens with two attached hydrogens (primary N) is 1. The number of amides is 1. The van der Waals surface area contributed by atoms with Crippen molar-refractivity contribution in [1.29, 1.82) is 0 Å². The maximum absolute atomic E-state index is 12.6. The predicted molar refractivity (Wildman–Crippen MR) is 114 cm³/mol. The van der Waals surface area contributed by atoms with Crippen LogP contribution in [0.3, 0.4) is 0 Å². The number of nitrogens with one attached hydrogen (secondary N) is 1. The third kappa shape index (κ3) is 5.66. The van der Waals surface area contributed by atoms with E-state index in [9.17, 15) is 4.79 Å². The number of likely N-dealkylation sites (tertiary alicyclic amines) is 1. The maximum atomic E-state index is 12.6. The molecule has 0 bridgehead atoms. The first-order valence-electron chi connectivity index (χ1n) is 10.4. The highest BCUT2D eigenvalue weighted by Gasteiger charge is 2.22. The fraction of sp³-hybridized carbons (Fsp3) is 0.458. The van der Waals surface area contributed by atoms with Crippen LogP contribution < -0.4 is 11.1 Å². The number of nitrogens with zero attached hydrogens (tertiary/aromatic N) is 1. The van der Waals surface area contributed by atoms with E-state index in [1.165, 1.54) is 31.5 Å². The second-order valence-corrected chi connectivity index (χ2v) is 8.22. The summed E-state index contributed by atoms with van der Waals surface area (Å²) in [6.07, 6.45) is 2.57. The van der Waals surface area contributed by atoms with Crippen LogP contribution in [0.15, 0.2) is 54.6 Å². The van der Waals surface area contributed by atoms with E-state index >= 15 is 0 Å². The Kier molecular flexibility index (Phi) is 7.24. The molecule has 1 saturated heterocycles. The topological polar surface area (TPSA) is 58.4 Å². The lowest BCUT2D eigenvalue weighted by Crippen LogP contribution is -2.35. The molecule has 1 aliphatic heterocycles. The Morgan fingerprint density at radius 1 is 1.11 bits per heavy atom. The fourth-order valence-corrected chi connectivity index (χ4v) is 3.79. The van der Waals surface area contributed by atoms with Gasteiger partial charge >= 0.3 is 0 Å². The molecule has 1 heterocycles. The molecule has 0 aliphatic carbocycles. The van der Waals surface area contributed by atoms with E-state index < -0.39 is 0 Å². The predicted octanol–water partition coefficient (Wildman–Crippen LogP) is 3.87. The zero-order valence-electron chi connectivity index (χ0n) is 17.1. The smallest absolute Gasteiger partial charge is 0.225 e. The molecule has 1 aliphatic rings. The van der Waals surface area contributed by atoms with E-state index in [4.69, 9.17) is 5.73 Å². The Hall–Kier alpha value is -2.17. The fourth-order valence-electron chi connectivity index (χ4n) is 3.79. The van der Waals surface area contributed by atoms with Crippen molar-refractivity contribution in [3.05, 3.63) is 71.3 Å². The van der Waals surface area contributed by atoms with Gasteiger partial charge in [0.1, 0.15) is 0 Å². The van der Waals surface area contributed by atoms with Gasteiger partial charge in [-0.05, 0) is 48.5 Å². The first kappa shape index (κ1) is 20.6. The van der Waals surface area contributed by atoms with Crippen LogP contribution in [0.2, 0.25) is 0 Å². The minimum atomic E-state index is -0.297. The highest BCUT2D eigenvalue weighted by atomic mass is 16.1. The van der Waals surface area contributed by atoms with E-state index in [0.717, 1.165) is 23.6 Å². The molecular weight excluding hydrogens is 346 g/mol. The Labute approximate surface area is 169 Å². The van der Waals surface area contributed by atoms with Crippen LogP contribution in [0.1, 0.15) is 49.4 Å². The summed E-state index contributed by atoms with van der Waals surface area (Å²) in [4.78, 5) is 15.1. The van der Waals surface area contributed by atoms with Crippen LogP contribution in [0.5, 0.6) is 0 Å². The second kappa shape index (κ2) is 9.85. The molecule has 3 rings (SSSR count). The molecule has 28 heavy (non-hydrogen) atoms. The average molecular weight is 380 g/mol. The Morgan fingerprint density at radius 2 is 1.79 bits per heavy atom. The van der Waals surface area contributed by atoms with Crippen molar-refractivity contribution in [2.75, 3.05) is 13.1 Å². The monoisotopic (exact) mass is 379 g/mol. The van der Waals surface area contributed by atoms with Crippen molar-refractivity contribution in [3.63, 3.8) is 0 Å². The number of hydrogen-bond acceptors (Lipinski definition) is 3. The van der Waals surface area contributed by atoms with Gasteiger partial charge in [-0.15, -0.1) is 0 Å². The highest BCUT2D eigenvalue weighted by Crippen LogP contribution is 2.20. The summed E-state index contributed by atoms with van der Waals surface area (Å²) in [5, 5.41) is 3.05. The third-order valence-electron chi connectivity index (χ3n) is 5.88. The number of carbonyl (C=O) groups is 1. The zero-order chi connectivity index (χ0) is 19.9. The van der Waals surface area contributed by atoms with Gasteiger partial charge < -0.3 is 11.1 Å². The maximum Gasteiger partial charge on any atom is 0.225 e. The SMILES string of the molecule is CC1CCN(Cc2cccc(CNC(=O)C(C)C(N)c3ccccc3)c2)CC1. The van der Waals surface area contributed by atoms with E-state index in [1.807, 2.05) is 37.3 Å². The van der Waals surface area contributed by atoms with Crippen molar-refractivity contribution in [3.8, 4) is 0 Å². The summed E-state index contributed by atoms with van der Waals surface area (Å²) in [5.41, 5.74) is 9.72. The number of piperidine rings is 1. The molecule has 0 spiro atoms. The molecule has 1 fully saturated rings. The van der Waals surface area contributed by atoms with Gasteiger partial charge in [-0.1, -0.05) is 68.4 Å². The molecule has 2 unspecified atom stereocenters. The van der Waals surface area contributed by atoms with Crippen LogP contribution in [-0.2, 0) is 17.9 Å². The Bertz CT molecular complexity index is 753. The highest BCUT2D eigenvalue weighted by molar-refractivity contribution is 5.79. The summed E-state index contributed by atoms with van der Waals surface area (Å²) >= 11 is 0. The Balaban J connectivity index is 1.52. The van der Waals surface area contributed by atoms with Crippen molar-refractivity contribution >= 4 is 5.91 Å². The molecular formula is C24H33N3O. The molecule has 4 nitrogen and oxygen atoms in total. The standard InChI is InChI=1S/C24H33N3O/c1-18-11-13-27(14-12-18)17-21-8-6-7-20(15-21)16-26-24(28)19(2)23(25)22-9-4-3-5-10-22/h3-10,15,18-19,23H,11-14,16-17,25H2,1-2H3,(H,26,28). The normalized spacial score (nSPS) is 17.8. The van der Waals surface area contributed by atoms with Crippen LogP contribution in [0, 0.1) is 11.8 Å². The zero-order valence-corrected chi connectivity index (χ0v) is 17.1. The summed E-state index contributed by atoms with van der Waals surface area (Å²) < 4.78 is 0. The van der Waals surface area contributed by atoms with E-state index in [-0.39, 0.29) is 17.9 Å². The lowest BCUT2D eigenvalue weighted by Gasteiger charge is -2.30. The molecule has 3 N–H and O–H groups in total.